The third kappa shape index (κ3) is 2.01. The van der Waals surface area contributed by atoms with Crippen LogP contribution in [0.1, 0.15) is 12.0 Å². The number of hydrogen-bond donors (Lipinski definition) is 2. The van der Waals surface area contributed by atoms with Gasteiger partial charge in [0.1, 0.15) is 0 Å². The second-order valence-corrected chi connectivity index (χ2v) is 3.76. The summed E-state index contributed by atoms with van der Waals surface area (Å²) in [6, 6.07) is 8.17. The first-order valence-electron chi connectivity index (χ1n) is 4.90. The highest BCUT2D eigenvalue weighted by molar-refractivity contribution is 5.46. The summed E-state index contributed by atoms with van der Waals surface area (Å²) in [5.41, 5.74) is 8.12. The summed E-state index contributed by atoms with van der Waals surface area (Å²) in [7, 11) is 0. The van der Waals surface area contributed by atoms with E-state index in [4.69, 9.17) is 5.73 Å². The van der Waals surface area contributed by atoms with Gasteiger partial charge in [0.15, 0.2) is 0 Å². The van der Waals surface area contributed by atoms with E-state index in [1.807, 2.05) is 12.1 Å². The van der Waals surface area contributed by atoms with E-state index in [0.29, 0.717) is 0 Å². The molecule has 2 nitrogen and oxygen atoms in total. The minimum Gasteiger partial charge on any atom is -0.399 e. The van der Waals surface area contributed by atoms with E-state index in [0.717, 1.165) is 31.1 Å². The lowest BCUT2D eigenvalue weighted by Crippen LogP contribution is -2.11. The van der Waals surface area contributed by atoms with E-state index in [-0.39, 0.29) is 0 Å². The first-order valence-corrected chi connectivity index (χ1v) is 4.90. The minimum atomic E-state index is 0.782. The number of nitrogens with one attached hydrogen (secondary N) is 1. The summed E-state index contributed by atoms with van der Waals surface area (Å²) in [4.78, 5) is 0. The van der Waals surface area contributed by atoms with Crippen LogP contribution in [0.2, 0.25) is 0 Å². The van der Waals surface area contributed by atoms with Gasteiger partial charge in [-0.25, -0.2) is 0 Å². The average Bonchev–Trinajstić information content (AvgIpc) is 2.61. The standard InChI is InChI=1S/C11H16N2/c12-11-4-2-1-3-10(11)7-9-5-6-13-8-9/h1-4,9,13H,5-8,12H2. The molecule has 1 aromatic carbocycles. The number of rotatable bonds is 2. The van der Waals surface area contributed by atoms with E-state index in [1.54, 1.807) is 0 Å². The molecule has 0 spiro atoms. The van der Waals surface area contributed by atoms with Crippen LogP contribution >= 0.6 is 0 Å². The summed E-state index contributed by atoms with van der Waals surface area (Å²) >= 11 is 0. The number of anilines is 1. The van der Waals surface area contributed by atoms with Crippen LogP contribution in [0, 0.1) is 5.92 Å². The van der Waals surface area contributed by atoms with Gasteiger partial charge in [0.25, 0.3) is 0 Å². The lowest BCUT2D eigenvalue weighted by molar-refractivity contribution is 0.581. The van der Waals surface area contributed by atoms with Crippen molar-refractivity contribution in [3.8, 4) is 0 Å². The number of nitrogen functional groups attached to an aromatic ring is 1. The van der Waals surface area contributed by atoms with Gasteiger partial charge in [-0.15, -0.1) is 0 Å². The average molecular weight is 176 g/mol. The fourth-order valence-electron chi connectivity index (χ4n) is 1.92. The molecule has 2 rings (SSSR count). The van der Waals surface area contributed by atoms with Crippen LogP contribution in [-0.2, 0) is 6.42 Å². The zero-order valence-electron chi connectivity index (χ0n) is 7.79. The molecule has 3 N–H and O–H groups in total. The molecule has 70 valence electrons. The van der Waals surface area contributed by atoms with Crippen LogP contribution < -0.4 is 11.1 Å². The molecular weight excluding hydrogens is 160 g/mol. The zero-order valence-corrected chi connectivity index (χ0v) is 7.79. The molecule has 1 atom stereocenters. The van der Waals surface area contributed by atoms with Crippen molar-refractivity contribution < 1.29 is 0 Å². The lowest BCUT2D eigenvalue weighted by atomic mass is 9.98. The van der Waals surface area contributed by atoms with Crippen molar-refractivity contribution in [2.45, 2.75) is 12.8 Å². The maximum atomic E-state index is 5.88. The van der Waals surface area contributed by atoms with Gasteiger partial charge in [-0.3, -0.25) is 0 Å². The Bertz CT molecular complexity index is 277. The maximum Gasteiger partial charge on any atom is 0.0346 e. The summed E-state index contributed by atoms with van der Waals surface area (Å²) in [6.07, 6.45) is 2.41. The van der Waals surface area contributed by atoms with Gasteiger partial charge in [0.05, 0.1) is 0 Å². The third-order valence-corrected chi connectivity index (χ3v) is 2.73. The predicted octanol–water partition coefficient (Wildman–Crippen LogP) is 1.42. The van der Waals surface area contributed by atoms with Crippen molar-refractivity contribution in [1.29, 1.82) is 0 Å². The molecule has 1 aliphatic rings. The van der Waals surface area contributed by atoms with Crippen LogP contribution in [0.3, 0.4) is 0 Å². The second-order valence-electron chi connectivity index (χ2n) is 3.76. The first kappa shape index (κ1) is 8.57. The monoisotopic (exact) mass is 176 g/mol. The molecule has 1 aromatic rings. The Morgan fingerprint density at radius 1 is 1.38 bits per heavy atom. The molecule has 0 saturated carbocycles. The Labute approximate surface area is 79.1 Å². The van der Waals surface area contributed by atoms with E-state index in [2.05, 4.69) is 17.4 Å². The largest absolute Gasteiger partial charge is 0.399 e. The SMILES string of the molecule is Nc1ccccc1CC1CCNC1. The van der Waals surface area contributed by atoms with Crippen molar-refractivity contribution >= 4 is 5.69 Å². The van der Waals surface area contributed by atoms with Gasteiger partial charge in [-0.05, 0) is 43.5 Å². The van der Waals surface area contributed by atoms with Crippen LogP contribution in [0.15, 0.2) is 24.3 Å². The zero-order chi connectivity index (χ0) is 9.10. The van der Waals surface area contributed by atoms with Crippen LogP contribution in [-0.4, -0.2) is 13.1 Å². The number of hydrogen-bond acceptors (Lipinski definition) is 2. The Hall–Kier alpha value is -1.02. The van der Waals surface area contributed by atoms with Crippen molar-refractivity contribution in [1.82, 2.24) is 5.32 Å². The Morgan fingerprint density at radius 3 is 2.92 bits per heavy atom. The Morgan fingerprint density at radius 2 is 2.23 bits per heavy atom. The molecule has 1 unspecified atom stereocenters. The molecule has 1 saturated heterocycles. The fourth-order valence-corrected chi connectivity index (χ4v) is 1.92. The van der Waals surface area contributed by atoms with Gasteiger partial charge < -0.3 is 11.1 Å². The summed E-state index contributed by atoms with van der Waals surface area (Å²) in [6.45, 7) is 2.31. The number of benzene rings is 1. The van der Waals surface area contributed by atoms with Gasteiger partial charge in [0.2, 0.25) is 0 Å². The van der Waals surface area contributed by atoms with Crippen LogP contribution in [0.5, 0.6) is 0 Å². The Kier molecular flexibility index (Phi) is 2.50. The normalized spacial score (nSPS) is 22.0. The predicted molar refractivity (Wildman–Crippen MR) is 55.5 cm³/mol. The van der Waals surface area contributed by atoms with Gasteiger partial charge in [0, 0.05) is 5.69 Å². The highest BCUT2D eigenvalue weighted by Crippen LogP contribution is 2.19. The molecule has 0 bridgehead atoms. The molecule has 2 heteroatoms. The summed E-state index contributed by atoms with van der Waals surface area (Å²) in [5.74, 6) is 0.782. The van der Waals surface area contributed by atoms with E-state index in [9.17, 15) is 0 Å². The van der Waals surface area contributed by atoms with Crippen molar-refractivity contribution in [2.75, 3.05) is 18.8 Å². The summed E-state index contributed by atoms with van der Waals surface area (Å²) in [5, 5.41) is 3.37. The molecule has 0 amide bonds. The van der Waals surface area contributed by atoms with E-state index >= 15 is 0 Å². The van der Waals surface area contributed by atoms with Gasteiger partial charge in [-0.2, -0.15) is 0 Å². The fraction of sp³-hybridized carbons (Fsp3) is 0.455. The molecule has 1 heterocycles. The number of para-hydroxylation sites is 1. The topological polar surface area (TPSA) is 38.0 Å². The molecule has 1 aliphatic heterocycles. The first-order chi connectivity index (χ1) is 6.36. The summed E-state index contributed by atoms with van der Waals surface area (Å²) < 4.78 is 0. The minimum absolute atomic E-state index is 0.782. The molecule has 1 fully saturated rings. The lowest BCUT2D eigenvalue weighted by Gasteiger charge is -2.09. The molecule has 0 radical (unpaired) electrons. The molecule has 0 aliphatic carbocycles. The van der Waals surface area contributed by atoms with Crippen molar-refractivity contribution in [3.63, 3.8) is 0 Å². The van der Waals surface area contributed by atoms with Gasteiger partial charge >= 0.3 is 0 Å². The number of nitrogens with two attached hydrogens (primary N) is 1. The molecule has 0 aromatic heterocycles. The quantitative estimate of drug-likeness (QED) is 0.669. The Balaban J connectivity index is 2.04. The van der Waals surface area contributed by atoms with E-state index in [1.165, 1.54) is 12.0 Å². The van der Waals surface area contributed by atoms with Crippen molar-refractivity contribution in [2.24, 2.45) is 5.92 Å². The third-order valence-electron chi connectivity index (χ3n) is 2.73. The van der Waals surface area contributed by atoms with Crippen LogP contribution in [0.4, 0.5) is 5.69 Å². The van der Waals surface area contributed by atoms with E-state index < -0.39 is 0 Å². The smallest absolute Gasteiger partial charge is 0.0346 e. The highest BCUT2D eigenvalue weighted by Gasteiger charge is 2.15. The van der Waals surface area contributed by atoms with Crippen LogP contribution in [0.25, 0.3) is 0 Å². The van der Waals surface area contributed by atoms with Crippen molar-refractivity contribution in [3.05, 3.63) is 29.8 Å². The van der Waals surface area contributed by atoms with Gasteiger partial charge in [-0.1, -0.05) is 18.2 Å². The molecule has 13 heavy (non-hydrogen) atoms. The maximum absolute atomic E-state index is 5.88. The second kappa shape index (κ2) is 3.79. The molecular formula is C11H16N2. The highest BCUT2D eigenvalue weighted by atomic mass is 14.9.